The van der Waals surface area contributed by atoms with Crippen LogP contribution in [0.15, 0.2) is 48.0 Å². The van der Waals surface area contributed by atoms with Crippen LogP contribution in [0.4, 0.5) is 9.52 Å². The second kappa shape index (κ2) is 7.56. The van der Waals surface area contributed by atoms with E-state index in [4.69, 9.17) is 0 Å². The highest BCUT2D eigenvalue weighted by Crippen LogP contribution is 2.31. The van der Waals surface area contributed by atoms with Crippen LogP contribution in [0.1, 0.15) is 27.7 Å². The molecule has 4 rings (SSSR count). The molecule has 0 bridgehead atoms. The van der Waals surface area contributed by atoms with Crippen molar-refractivity contribution in [1.82, 2.24) is 19.5 Å². The van der Waals surface area contributed by atoms with Gasteiger partial charge in [0.25, 0.3) is 5.91 Å². The number of carbonyl (C=O) groups is 1. The molecule has 3 heterocycles. The quantitative estimate of drug-likeness (QED) is 0.532. The zero-order chi connectivity index (χ0) is 20.5. The van der Waals surface area contributed by atoms with Crippen LogP contribution < -0.4 is 5.32 Å². The molecular weight excluding hydrogens is 389 g/mol. The van der Waals surface area contributed by atoms with Crippen LogP contribution in [0, 0.1) is 26.6 Å². The fourth-order valence-electron chi connectivity index (χ4n) is 3.21. The summed E-state index contributed by atoms with van der Waals surface area (Å²) in [5.74, 6) is -0.0610. The summed E-state index contributed by atoms with van der Waals surface area (Å²) < 4.78 is 15.3. The number of amides is 1. The molecule has 0 radical (unpaired) electrons. The first-order valence-corrected chi connectivity index (χ1v) is 9.82. The molecule has 0 unspecified atom stereocenters. The van der Waals surface area contributed by atoms with Crippen LogP contribution >= 0.6 is 11.3 Å². The minimum absolute atomic E-state index is 0.268. The first-order chi connectivity index (χ1) is 13.9. The van der Waals surface area contributed by atoms with Gasteiger partial charge >= 0.3 is 0 Å². The van der Waals surface area contributed by atoms with E-state index in [2.05, 4.69) is 24.8 Å². The number of anilines is 1. The molecule has 3 aromatic heterocycles. The smallest absolute Gasteiger partial charge is 0.276 e. The average molecular weight is 407 g/mol. The Morgan fingerprint density at radius 1 is 1.10 bits per heavy atom. The fourth-order valence-corrected chi connectivity index (χ4v) is 3.91. The first kappa shape index (κ1) is 18.9. The van der Waals surface area contributed by atoms with Crippen molar-refractivity contribution in [3.8, 4) is 16.9 Å². The number of aryl methyl sites for hydroxylation is 2. The van der Waals surface area contributed by atoms with Gasteiger partial charge < -0.3 is 4.57 Å². The SMILES string of the molecule is Cc1nccc(C(=O)Nc2nc(-c3cc(C)n(-c4ccc(F)cc4)c3C)cs2)n1. The third-order valence-electron chi connectivity index (χ3n) is 4.53. The van der Waals surface area contributed by atoms with Crippen molar-refractivity contribution in [3.05, 3.63) is 76.7 Å². The summed E-state index contributed by atoms with van der Waals surface area (Å²) in [6.07, 6.45) is 1.55. The number of benzene rings is 1. The van der Waals surface area contributed by atoms with Crippen LogP contribution in [0.5, 0.6) is 0 Å². The van der Waals surface area contributed by atoms with Gasteiger partial charge in [0.1, 0.15) is 17.3 Å². The number of hydrogen-bond donors (Lipinski definition) is 1. The van der Waals surface area contributed by atoms with Crippen molar-refractivity contribution in [1.29, 1.82) is 0 Å². The largest absolute Gasteiger partial charge is 0.318 e. The Morgan fingerprint density at radius 3 is 2.59 bits per heavy atom. The van der Waals surface area contributed by atoms with E-state index >= 15 is 0 Å². The second-order valence-electron chi connectivity index (χ2n) is 6.58. The second-order valence-corrected chi connectivity index (χ2v) is 7.44. The molecule has 0 spiro atoms. The van der Waals surface area contributed by atoms with Gasteiger partial charge in [-0.05, 0) is 57.2 Å². The molecule has 1 amide bonds. The molecular formula is C21H18FN5OS. The lowest BCUT2D eigenvalue weighted by molar-refractivity contribution is 0.102. The number of halogens is 1. The Labute approximate surface area is 171 Å². The lowest BCUT2D eigenvalue weighted by atomic mass is 10.2. The maximum Gasteiger partial charge on any atom is 0.276 e. The van der Waals surface area contributed by atoms with E-state index < -0.39 is 0 Å². The molecule has 4 aromatic rings. The monoisotopic (exact) mass is 407 g/mol. The number of carbonyl (C=O) groups excluding carboxylic acids is 1. The fraction of sp³-hybridized carbons (Fsp3) is 0.143. The third kappa shape index (κ3) is 3.79. The van der Waals surface area contributed by atoms with E-state index in [0.717, 1.165) is 28.3 Å². The summed E-state index contributed by atoms with van der Waals surface area (Å²) in [6.45, 7) is 5.72. The van der Waals surface area contributed by atoms with Crippen LogP contribution in [-0.4, -0.2) is 25.4 Å². The van der Waals surface area contributed by atoms with Gasteiger partial charge in [-0.2, -0.15) is 0 Å². The maximum absolute atomic E-state index is 13.3. The molecule has 1 N–H and O–H groups in total. The molecule has 1 aromatic carbocycles. The number of nitrogens with one attached hydrogen (secondary N) is 1. The van der Waals surface area contributed by atoms with E-state index in [1.54, 1.807) is 31.3 Å². The van der Waals surface area contributed by atoms with Gasteiger partial charge in [0.15, 0.2) is 5.13 Å². The number of thiazole rings is 1. The van der Waals surface area contributed by atoms with E-state index in [9.17, 15) is 9.18 Å². The van der Waals surface area contributed by atoms with Gasteiger partial charge in [0.2, 0.25) is 0 Å². The van der Waals surface area contributed by atoms with Crippen molar-refractivity contribution in [2.45, 2.75) is 20.8 Å². The highest BCUT2D eigenvalue weighted by Gasteiger charge is 2.16. The molecule has 0 aliphatic carbocycles. The molecule has 0 aliphatic rings. The molecule has 0 saturated heterocycles. The van der Waals surface area contributed by atoms with Gasteiger partial charge in [-0.3, -0.25) is 10.1 Å². The van der Waals surface area contributed by atoms with Gasteiger partial charge in [-0.1, -0.05) is 0 Å². The van der Waals surface area contributed by atoms with Crippen molar-refractivity contribution < 1.29 is 9.18 Å². The minimum Gasteiger partial charge on any atom is -0.318 e. The van der Waals surface area contributed by atoms with Crippen LogP contribution in [0.2, 0.25) is 0 Å². The number of nitrogens with zero attached hydrogens (tertiary/aromatic N) is 4. The lowest BCUT2D eigenvalue weighted by Gasteiger charge is -2.09. The van der Waals surface area contributed by atoms with Crippen molar-refractivity contribution in [3.63, 3.8) is 0 Å². The molecule has 8 heteroatoms. The average Bonchev–Trinajstić information content (AvgIpc) is 3.26. The Morgan fingerprint density at radius 2 is 1.86 bits per heavy atom. The summed E-state index contributed by atoms with van der Waals surface area (Å²) in [4.78, 5) is 25.1. The summed E-state index contributed by atoms with van der Waals surface area (Å²) in [6, 6.07) is 9.98. The molecule has 146 valence electrons. The molecule has 0 fully saturated rings. The number of aromatic nitrogens is 4. The van der Waals surface area contributed by atoms with E-state index in [0.29, 0.717) is 16.6 Å². The molecule has 0 aliphatic heterocycles. The maximum atomic E-state index is 13.3. The van der Waals surface area contributed by atoms with Gasteiger partial charge in [-0.15, -0.1) is 11.3 Å². The topological polar surface area (TPSA) is 72.7 Å². The van der Waals surface area contributed by atoms with Crippen LogP contribution in [-0.2, 0) is 0 Å². The lowest BCUT2D eigenvalue weighted by Crippen LogP contribution is -2.14. The van der Waals surface area contributed by atoms with Gasteiger partial charge in [-0.25, -0.2) is 19.3 Å². The highest BCUT2D eigenvalue weighted by molar-refractivity contribution is 7.14. The van der Waals surface area contributed by atoms with Gasteiger partial charge in [0, 0.05) is 34.2 Å². The Bertz CT molecular complexity index is 1200. The Kier molecular flexibility index (Phi) is 4.94. The summed E-state index contributed by atoms with van der Waals surface area (Å²) in [5, 5.41) is 5.18. The first-order valence-electron chi connectivity index (χ1n) is 8.94. The summed E-state index contributed by atoms with van der Waals surface area (Å²) >= 11 is 1.35. The van der Waals surface area contributed by atoms with E-state index in [-0.39, 0.29) is 11.7 Å². The zero-order valence-corrected chi connectivity index (χ0v) is 16.9. The molecule has 0 saturated carbocycles. The number of hydrogen-bond acceptors (Lipinski definition) is 5. The predicted octanol–water partition coefficient (Wildman–Crippen LogP) is 4.71. The Hall–Kier alpha value is -3.39. The number of rotatable bonds is 4. The van der Waals surface area contributed by atoms with Crippen molar-refractivity contribution >= 4 is 22.4 Å². The minimum atomic E-state index is -0.326. The van der Waals surface area contributed by atoms with Crippen LogP contribution in [0.3, 0.4) is 0 Å². The zero-order valence-electron chi connectivity index (χ0n) is 16.1. The normalized spacial score (nSPS) is 10.9. The van der Waals surface area contributed by atoms with Crippen molar-refractivity contribution in [2.75, 3.05) is 5.32 Å². The predicted molar refractivity (Wildman–Crippen MR) is 111 cm³/mol. The van der Waals surface area contributed by atoms with Crippen LogP contribution in [0.25, 0.3) is 16.9 Å². The van der Waals surface area contributed by atoms with E-state index in [1.165, 1.54) is 23.5 Å². The molecule has 6 nitrogen and oxygen atoms in total. The van der Waals surface area contributed by atoms with Crippen molar-refractivity contribution in [2.24, 2.45) is 0 Å². The molecule has 0 atom stereocenters. The van der Waals surface area contributed by atoms with Gasteiger partial charge in [0.05, 0.1) is 5.69 Å². The molecule has 29 heavy (non-hydrogen) atoms. The third-order valence-corrected chi connectivity index (χ3v) is 5.28. The Balaban J connectivity index is 1.61. The van der Waals surface area contributed by atoms with E-state index in [1.807, 2.05) is 25.3 Å². The summed E-state index contributed by atoms with van der Waals surface area (Å²) in [7, 11) is 0. The summed E-state index contributed by atoms with van der Waals surface area (Å²) in [5.41, 5.74) is 4.91. The standard InChI is InChI=1S/C21H18FN5OS/c1-12-10-17(13(2)27(12)16-6-4-15(22)5-7-16)19-11-29-21(25-19)26-20(28)18-8-9-23-14(3)24-18/h4-11H,1-3H3,(H,25,26,28). The highest BCUT2D eigenvalue weighted by atomic mass is 32.1.